The third-order valence-electron chi connectivity index (χ3n) is 4.22. The van der Waals surface area contributed by atoms with Gasteiger partial charge in [0.25, 0.3) is 5.91 Å². The molecule has 7 nitrogen and oxygen atoms in total. The number of carbonyl (C=O) groups is 1. The van der Waals surface area contributed by atoms with Crippen molar-refractivity contribution in [1.82, 2.24) is 19.9 Å². The Hall–Kier alpha value is -3.09. The summed E-state index contributed by atoms with van der Waals surface area (Å²) in [6, 6.07) is 9.09. The van der Waals surface area contributed by atoms with E-state index >= 15 is 0 Å². The summed E-state index contributed by atoms with van der Waals surface area (Å²) >= 11 is 0. The molecule has 142 valence electrons. The lowest BCUT2D eigenvalue weighted by Gasteiger charge is -2.20. The van der Waals surface area contributed by atoms with Crippen molar-refractivity contribution in [1.29, 1.82) is 0 Å². The number of carbonyl (C=O) groups excluding carboxylic acids is 1. The maximum absolute atomic E-state index is 12.7. The van der Waals surface area contributed by atoms with Crippen LogP contribution in [0.1, 0.15) is 42.5 Å². The second-order valence-electron chi connectivity index (χ2n) is 7.28. The molecule has 3 aromatic rings. The van der Waals surface area contributed by atoms with Crippen molar-refractivity contribution in [2.45, 2.75) is 32.7 Å². The summed E-state index contributed by atoms with van der Waals surface area (Å²) in [4.78, 5) is 17.1. The predicted octanol–water partition coefficient (Wildman–Crippen LogP) is 2.97. The molecule has 0 saturated heterocycles. The Morgan fingerprint density at radius 2 is 1.78 bits per heavy atom. The number of hydrogen-bond acceptors (Lipinski definition) is 5. The highest BCUT2D eigenvalue weighted by Gasteiger charge is 2.21. The molecule has 1 amide bonds. The van der Waals surface area contributed by atoms with E-state index in [4.69, 9.17) is 9.47 Å². The second-order valence-corrected chi connectivity index (χ2v) is 7.28. The minimum Gasteiger partial charge on any atom is -0.497 e. The van der Waals surface area contributed by atoms with E-state index in [0.29, 0.717) is 29.4 Å². The average molecular weight is 368 g/mol. The van der Waals surface area contributed by atoms with Crippen LogP contribution in [0.5, 0.6) is 11.5 Å². The van der Waals surface area contributed by atoms with Crippen LogP contribution in [-0.4, -0.2) is 34.7 Å². The molecule has 0 aliphatic carbocycles. The van der Waals surface area contributed by atoms with Crippen LogP contribution in [0.25, 0.3) is 5.65 Å². The highest BCUT2D eigenvalue weighted by atomic mass is 16.5. The predicted molar refractivity (Wildman–Crippen MR) is 102 cm³/mol. The molecule has 1 aromatic carbocycles. The van der Waals surface area contributed by atoms with Gasteiger partial charge in [-0.05, 0) is 23.8 Å². The molecule has 0 unspecified atom stereocenters. The molecule has 0 aliphatic rings. The fourth-order valence-electron chi connectivity index (χ4n) is 2.80. The molecule has 0 radical (unpaired) electrons. The number of nitrogens with one attached hydrogen (secondary N) is 1. The second kappa shape index (κ2) is 7.26. The van der Waals surface area contributed by atoms with Gasteiger partial charge in [-0.25, -0.2) is 9.50 Å². The van der Waals surface area contributed by atoms with E-state index in [0.717, 1.165) is 11.3 Å². The lowest BCUT2D eigenvalue weighted by molar-refractivity contribution is 0.0945. The smallest absolute Gasteiger partial charge is 0.270 e. The first-order chi connectivity index (χ1) is 12.8. The SMILES string of the molecule is COc1cc(CNC(=O)c2cc(C(C)(C)C)n3nccc3n2)cc(OC)c1. The third-order valence-corrected chi connectivity index (χ3v) is 4.22. The van der Waals surface area contributed by atoms with Gasteiger partial charge in [-0.1, -0.05) is 20.8 Å². The van der Waals surface area contributed by atoms with Gasteiger partial charge in [0.05, 0.1) is 26.1 Å². The Balaban J connectivity index is 1.85. The van der Waals surface area contributed by atoms with Crippen LogP contribution < -0.4 is 14.8 Å². The number of fused-ring (bicyclic) bond motifs is 1. The van der Waals surface area contributed by atoms with Crippen LogP contribution in [0.2, 0.25) is 0 Å². The highest BCUT2D eigenvalue weighted by Crippen LogP contribution is 2.24. The first-order valence-corrected chi connectivity index (χ1v) is 8.67. The van der Waals surface area contributed by atoms with Gasteiger partial charge in [0, 0.05) is 24.1 Å². The van der Waals surface area contributed by atoms with Gasteiger partial charge < -0.3 is 14.8 Å². The zero-order valence-electron chi connectivity index (χ0n) is 16.2. The Bertz CT molecular complexity index is 951. The zero-order valence-corrected chi connectivity index (χ0v) is 16.2. The fourth-order valence-corrected chi connectivity index (χ4v) is 2.80. The summed E-state index contributed by atoms with van der Waals surface area (Å²) in [6.07, 6.45) is 1.68. The van der Waals surface area contributed by atoms with Crippen LogP contribution in [0.15, 0.2) is 36.5 Å². The zero-order chi connectivity index (χ0) is 19.6. The van der Waals surface area contributed by atoms with Gasteiger partial charge in [0.2, 0.25) is 0 Å². The number of methoxy groups -OCH3 is 2. The van der Waals surface area contributed by atoms with E-state index in [-0.39, 0.29) is 11.3 Å². The quantitative estimate of drug-likeness (QED) is 0.749. The molecule has 3 rings (SSSR count). The van der Waals surface area contributed by atoms with E-state index < -0.39 is 0 Å². The third kappa shape index (κ3) is 4.02. The fraction of sp³-hybridized carbons (Fsp3) is 0.350. The number of rotatable bonds is 5. The first-order valence-electron chi connectivity index (χ1n) is 8.67. The molecular weight excluding hydrogens is 344 g/mol. The van der Waals surface area contributed by atoms with E-state index in [1.165, 1.54) is 0 Å². The van der Waals surface area contributed by atoms with Gasteiger partial charge in [0.15, 0.2) is 5.65 Å². The van der Waals surface area contributed by atoms with Gasteiger partial charge in [-0.15, -0.1) is 0 Å². The summed E-state index contributed by atoms with van der Waals surface area (Å²) in [5.74, 6) is 1.10. The first kappa shape index (κ1) is 18.7. The van der Waals surface area contributed by atoms with E-state index in [1.807, 2.05) is 12.1 Å². The molecule has 2 heterocycles. The summed E-state index contributed by atoms with van der Waals surface area (Å²) in [7, 11) is 3.19. The monoisotopic (exact) mass is 368 g/mol. The van der Waals surface area contributed by atoms with Crippen LogP contribution in [0, 0.1) is 0 Å². The molecule has 0 aliphatic heterocycles. The molecule has 0 spiro atoms. The normalized spacial score (nSPS) is 11.4. The summed E-state index contributed by atoms with van der Waals surface area (Å²) < 4.78 is 12.3. The molecule has 1 N–H and O–H groups in total. The van der Waals surface area contributed by atoms with Crippen LogP contribution in [0.4, 0.5) is 0 Å². The van der Waals surface area contributed by atoms with Crippen molar-refractivity contribution in [3.63, 3.8) is 0 Å². The van der Waals surface area contributed by atoms with Crippen molar-refractivity contribution < 1.29 is 14.3 Å². The topological polar surface area (TPSA) is 77.8 Å². The number of amides is 1. The van der Waals surface area contributed by atoms with Crippen molar-refractivity contribution in [3.8, 4) is 11.5 Å². The molecule has 0 fully saturated rings. The van der Waals surface area contributed by atoms with E-state index in [9.17, 15) is 4.79 Å². The number of nitrogens with zero attached hydrogens (tertiary/aromatic N) is 3. The van der Waals surface area contributed by atoms with Crippen molar-refractivity contribution >= 4 is 11.6 Å². The Kier molecular flexibility index (Phi) is 5.03. The molecule has 7 heteroatoms. The molecular formula is C20H24N4O3. The Morgan fingerprint density at radius 1 is 1.11 bits per heavy atom. The minimum atomic E-state index is -0.244. The van der Waals surface area contributed by atoms with Gasteiger partial charge in [0.1, 0.15) is 17.2 Å². The minimum absolute atomic E-state index is 0.178. The maximum atomic E-state index is 12.7. The van der Waals surface area contributed by atoms with E-state index in [2.05, 4.69) is 36.2 Å². The lowest BCUT2D eigenvalue weighted by atomic mass is 9.91. The summed E-state index contributed by atoms with van der Waals surface area (Å²) in [5, 5.41) is 7.22. The summed E-state index contributed by atoms with van der Waals surface area (Å²) in [6.45, 7) is 6.57. The largest absolute Gasteiger partial charge is 0.497 e. The van der Waals surface area contributed by atoms with Crippen molar-refractivity contribution in [2.24, 2.45) is 0 Å². The lowest BCUT2D eigenvalue weighted by Crippen LogP contribution is -2.26. The number of benzene rings is 1. The van der Waals surface area contributed by atoms with Crippen LogP contribution in [-0.2, 0) is 12.0 Å². The standard InChI is InChI=1S/C20H24N4O3/c1-20(2,3)17-11-16(23-18-6-7-22-24(17)18)19(25)21-12-13-8-14(26-4)10-15(9-13)27-5/h6-11H,12H2,1-5H3,(H,21,25). The van der Waals surface area contributed by atoms with Gasteiger partial charge >= 0.3 is 0 Å². The number of aromatic nitrogens is 3. The molecule has 0 atom stereocenters. The number of hydrogen-bond donors (Lipinski definition) is 1. The Labute approximate surface area is 158 Å². The number of ether oxygens (including phenoxy) is 2. The van der Waals surface area contributed by atoms with Crippen LogP contribution in [0.3, 0.4) is 0 Å². The van der Waals surface area contributed by atoms with Crippen LogP contribution >= 0.6 is 0 Å². The van der Waals surface area contributed by atoms with E-state index in [1.54, 1.807) is 43.1 Å². The molecule has 0 bridgehead atoms. The van der Waals surface area contributed by atoms with Gasteiger partial charge in [-0.3, -0.25) is 4.79 Å². The average Bonchev–Trinajstić information content (AvgIpc) is 3.12. The molecule has 27 heavy (non-hydrogen) atoms. The molecule has 0 saturated carbocycles. The molecule has 2 aromatic heterocycles. The maximum Gasteiger partial charge on any atom is 0.270 e. The van der Waals surface area contributed by atoms with Gasteiger partial charge in [-0.2, -0.15) is 5.10 Å². The summed E-state index contributed by atoms with van der Waals surface area (Å²) in [5.41, 5.74) is 2.63. The Morgan fingerprint density at radius 3 is 2.37 bits per heavy atom. The highest BCUT2D eigenvalue weighted by molar-refractivity contribution is 5.92. The van der Waals surface area contributed by atoms with Crippen molar-refractivity contribution in [2.75, 3.05) is 14.2 Å². The van der Waals surface area contributed by atoms with Crippen molar-refractivity contribution in [3.05, 3.63) is 53.5 Å².